The van der Waals surface area contributed by atoms with E-state index in [4.69, 9.17) is 0 Å². The summed E-state index contributed by atoms with van der Waals surface area (Å²) < 4.78 is 0. The van der Waals surface area contributed by atoms with Crippen molar-refractivity contribution in [1.82, 2.24) is 9.88 Å². The fourth-order valence-electron chi connectivity index (χ4n) is 3.22. The predicted molar refractivity (Wildman–Crippen MR) is 109 cm³/mol. The maximum absolute atomic E-state index is 12.7. The zero-order valence-corrected chi connectivity index (χ0v) is 16.4. The van der Waals surface area contributed by atoms with Gasteiger partial charge in [0, 0.05) is 28.9 Å². The van der Waals surface area contributed by atoms with Gasteiger partial charge in [0.15, 0.2) is 0 Å². The maximum Gasteiger partial charge on any atom is 0.282 e. The number of benzene rings is 2. The SMILES string of the molecule is C[C@@H](C(=O)Nc1ccc(-c2nccs2)cc1)N1C(=O)c2cccc([N+](=O)[O-])c2C1=O. The lowest BCUT2D eigenvalue weighted by Crippen LogP contribution is -2.45. The van der Waals surface area contributed by atoms with Crippen molar-refractivity contribution in [2.45, 2.75) is 13.0 Å². The summed E-state index contributed by atoms with van der Waals surface area (Å²) in [4.78, 5) is 53.5. The molecule has 1 aliphatic rings. The second kappa shape index (κ2) is 7.48. The van der Waals surface area contributed by atoms with E-state index in [1.165, 1.54) is 30.4 Å². The summed E-state index contributed by atoms with van der Waals surface area (Å²) >= 11 is 1.49. The molecule has 0 unspecified atom stereocenters. The maximum atomic E-state index is 12.7. The Morgan fingerprint density at radius 2 is 1.90 bits per heavy atom. The molecular formula is C20H14N4O5S. The molecule has 1 aliphatic heterocycles. The van der Waals surface area contributed by atoms with Crippen molar-refractivity contribution in [1.29, 1.82) is 0 Å². The molecule has 2 aromatic carbocycles. The van der Waals surface area contributed by atoms with Crippen LogP contribution in [0.15, 0.2) is 54.0 Å². The number of nitrogens with zero attached hydrogens (tertiary/aromatic N) is 3. The highest BCUT2D eigenvalue weighted by atomic mass is 32.1. The van der Waals surface area contributed by atoms with E-state index in [2.05, 4.69) is 10.3 Å². The van der Waals surface area contributed by atoms with Gasteiger partial charge in [0.25, 0.3) is 17.5 Å². The molecule has 30 heavy (non-hydrogen) atoms. The number of hydrogen-bond donors (Lipinski definition) is 1. The van der Waals surface area contributed by atoms with Gasteiger partial charge in [0.05, 0.1) is 10.5 Å². The van der Waals surface area contributed by atoms with Crippen LogP contribution in [0, 0.1) is 10.1 Å². The number of fused-ring (bicyclic) bond motifs is 1. The van der Waals surface area contributed by atoms with Crippen LogP contribution in [0.25, 0.3) is 10.6 Å². The second-order valence-electron chi connectivity index (χ2n) is 6.52. The number of rotatable bonds is 5. The molecule has 9 nitrogen and oxygen atoms in total. The summed E-state index contributed by atoms with van der Waals surface area (Å²) in [7, 11) is 0. The van der Waals surface area contributed by atoms with Crippen LogP contribution in [-0.4, -0.2) is 38.6 Å². The first-order valence-electron chi connectivity index (χ1n) is 8.84. The molecular weight excluding hydrogens is 408 g/mol. The number of hydrogen-bond acceptors (Lipinski definition) is 7. The van der Waals surface area contributed by atoms with E-state index in [1.807, 2.05) is 5.38 Å². The lowest BCUT2D eigenvalue weighted by molar-refractivity contribution is -0.385. The molecule has 0 aliphatic carbocycles. The molecule has 4 rings (SSSR count). The van der Waals surface area contributed by atoms with Gasteiger partial charge in [-0.25, -0.2) is 4.98 Å². The lowest BCUT2D eigenvalue weighted by Gasteiger charge is -2.21. The molecule has 150 valence electrons. The Kier molecular flexibility index (Phi) is 4.84. The number of nitro benzene ring substituents is 1. The number of carbonyl (C=O) groups excluding carboxylic acids is 3. The second-order valence-corrected chi connectivity index (χ2v) is 7.41. The van der Waals surface area contributed by atoms with Gasteiger partial charge in [-0.15, -0.1) is 11.3 Å². The Balaban J connectivity index is 1.53. The van der Waals surface area contributed by atoms with Crippen molar-refractivity contribution in [3.63, 3.8) is 0 Å². The molecule has 10 heteroatoms. The third kappa shape index (κ3) is 3.22. The normalized spacial score (nSPS) is 13.8. The molecule has 0 spiro atoms. The fraction of sp³-hybridized carbons (Fsp3) is 0.100. The molecule has 0 saturated carbocycles. The largest absolute Gasteiger partial charge is 0.324 e. The van der Waals surface area contributed by atoms with Crippen molar-refractivity contribution in [2.75, 3.05) is 5.32 Å². The Morgan fingerprint density at radius 1 is 1.17 bits per heavy atom. The summed E-state index contributed by atoms with van der Waals surface area (Å²) in [5.41, 5.74) is 0.541. The van der Waals surface area contributed by atoms with Crippen molar-refractivity contribution in [2.24, 2.45) is 0 Å². The van der Waals surface area contributed by atoms with Crippen LogP contribution in [0.5, 0.6) is 0 Å². The lowest BCUT2D eigenvalue weighted by atomic mass is 10.1. The number of anilines is 1. The number of imide groups is 1. The molecule has 1 aromatic heterocycles. The third-order valence-corrected chi connectivity index (χ3v) is 5.54. The van der Waals surface area contributed by atoms with Gasteiger partial charge < -0.3 is 5.32 Å². The van der Waals surface area contributed by atoms with E-state index in [-0.39, 0.29) is 11.1 Å². The summed E-state index contributed by atoms with van der Waals surface area (Å²) in [6.07, 6.45) is 1.70. The Labute approximate surface area is 174 Å². The van der Waals surface area contributed by atoms with Crippen molar-refractivity contribution in [3.05, 3.63) is 75.3 Å². The number of thiazole rings is 1. The molecule has 1 N–H and O–H groups in total. The van der Waals surface area contributed by atoms with Crippen LogP contribution in [-0.2, 0) is 4.79 Å². The zero-order valence-electron chi connectivity index (χ0n) is 15.6. The van der Waals surface area contributed by atoms with Crippen LogP contribution in [0.2, 0.25) is 0 Å². The molecule has 0 fully saturated rings. The number of aromatic nitrogens is 1. The molecule has 3 aromatic rings. The predicted octanol–water partition coefficient (Wildman–Crippen LogP) is 3.34. The van der Waals surface area contributed by atoms with Crippen LogP contribution in [0.1, 0.15) is 27.6 Å². The van der Waals surface area contributed by atoms with Crippen molar-refractivity contribution < 1.29 is 19.3 Å². The minimum Gasteiger partial charge on any atom is -0.324 e. The highest BCUT2D eigenvalue weighted by molar-refractivity contribution is 7.13. The summed E-state index contributed by atoms with van der Waals surface area (Å²) in [5.74, 6) is -2.18. The average molecular weight is 422 g/mol. The van der Waals surface area contributed by atoms with E-state index in [0.717, 1.165) is 21.5 Å². The standard InChI is InChI=1S/C20H14N4O5S/c1-11(17(25)22-13-7-5-12(6-8-13)18-21-9-10-30-18)23-19(26)14-3-2-4-15(24(28)29)16(14)20(23)27/h2-11H,1H3,(H,22,25)/t11-/m0/s1. The monoisotopic (exact) mass is 422 g/mol. The van der Waals surface area contributed by atoms with E-state index in [0.29, 0.717) is 5.69 Å². The van der Waals surface area contributed by atoms with Gasteiger partial charge in [-0.1, -0.05) is 6.07 Å². The highest BCUT2D eigenvalue weighted by Crippen LogP contribution is 2.32. The molecule has 0 bridgehead atoms. The summed E-state index contributed by atoms with van der Waals surface area (Å²) in [5, 5.41) is 16.6. The van der Waals surface area contributed by atoms with E-state index >= 15 is 0 Å². The number of nitro groups is 1. The van der Waals surface area contributed by atoms with Crippen LogP contribution < -0.4 is 5.32 Å². The molecule has 2 heterocycles. The van der Waals surface area contributed by atoms with E-state index < -0.39 is 34.4 Å². The summed E-state index contributed by atoms with van der Waals surface area (Å²) in [6, 6.07) is 9.64. The molecule has 3 amide bonds. The van der Waals surface area contributed by atoms with Gasteiger partial charge >= 0.3 is 0 Å². The first-order valence-corrected chi connectivity index (χ1v) is 9.72. The fourth-order valence-corrected chi connectivity index (χ4v) is 3.86. The number of amides is 3. The third-order valence-electron chi connectivity index (χ3n) is 4.72. The minimum atomic E-state index is -1.16. The van der Waals surface area contributed by atoms with Gasteiger partial charge in [-0.05, 0) is 37.3 Å². The molecule has 0 radical (unpaired) electrons. The number of nitrogens with one attached hydrogen (secondary N) is 1. The highest BCUT2D eigenvalue weighted by Gasteiger charge is 2.44. The zero-order chi connectivity index (χ0) is 21.4. The number of carbonyl (C=O) groups is 3. The van der Waals surface area contributed by atoms with E-state index in [9.17, 15) is 24.5 Å². The van der Waals surface area contributed by atoms with Gasteiger partial charge in [0.1, 0.15) is 16.6 Å². The Bertz CT molecular complexity index is 1170. The molecule has 0 saturated heterocycles. The topological polar surface area (TPSA) is 123 Å². The van der Waals surface area contributed by atoms with E-state index in [1.54, 1.807) is 30.5 Å². The summed E-state index contributed by atoms with van der Waals surface area (Å²) in [6.45, 7) is 1.40. The van der Waals surface area contributed by atoms with Gasteiger partial charge in [0.2, 0.25) is 5.91 Å². The smallest absolute Gasteiger partial charge is 0.282 e. The first-order chi connectivity index (χ1) is 14.4. The van der Waals surface area contributed by atoms with Crippen LogP contribution in [0.4, 0.5) is 11.4 Å². The minimum absolute atomic E-state index is 0.0818. The van der Waals surface area contributed by atoms with Gasteiger partial charge in [-0.2, -0.15) is 0 Å². The van der Waals surface area contributed by atoms with Gasteiger partial charge in [-0.3, -0.25) is 29.4 Å². The Hall–Kier alpha value is -3.92. The first kappa shape index (κ1) is 19.4. The quantitative estimate of drug-likeness (QED) is 0.382. The van der Waals surface area contributed by atoms with Crippen LogP contribution >= 0.6 is 11.3 Å². The Morgan fingerprint density at radius 3 is 2.53 bits per heavy atom. The van der Waals surface area contributed by atoms with Crippen LogP contribution in [0.3, 0.4) is 0 Å². The average Bonchev–Trinajstić information content (AvgIpc) is 3.35. The molecule has 1 atom stereocenters. The van der Waals surface area contributed by atoms with Crippen molar-refractivity contribution in [3.8, 4) is 10.6 Å². The van der Waals surface area contributed by atoms with Crippen molar-refractivity contribution >= 4 is 40.4 Å².